The Kier molecular flexibility index (Phi) is 6.53. The Labute approximate surface area is 101 Å². The first-order valence-electron chi connectivity index (χ1n) is 4.93. The summed E-state index contributed by atoms with van der Waals surface area (Å²) in [4.78, 5) is 11.4. The molecular formula is C11H17ClN2O2. The van der Waals surface area contributed by atoms with Gasteiger partial charge in [-0.25, -0.2) is 0 Å². The lowest BCUT2D eigenvalue weighted by Gasteiger charge is -2.07. The quantitative estimate of drug-likeness (QED) is 0.708. The molecule has 0 aliphatic carbocycles. The van der Waals surface area contributed by atoms with Gasteiger partial charge in [-0.05, 0) is 25.5 Å². The zero-order valence-corrected chi connectivity index (χ0v) is 9.96. The Morgan fingerprint density at radius 1 is 1.50 bits per heavy atom. The van der Waals surface area contributed by atoms with E-state index in [2.05, 4.69) is 5.32 Å². The van der Waals surface area contributed by atoms with Crippen LogP contribution in [0.5, 0.6) is 5.75 Å². The van der Waals surface area contributed by atoms with Crippen molar-refractivity contribution in [2.24, 2.45) is 5.73 Å². The van der Waals surface area contributed by atoms with Crippen molar-refractivity contribution in [3.63, 3.8) is 0 Å². The van der Waals surface area contributed by atoms with Crippen LogP contribution in [0.3, 0.4) is 0 Å². The highest BCUT2D eigenvalue weighted by molar-refractivity contribution is 5.92. The number of aromatic hydroxyl groups is 1. The number of anilines is 1. The van der Waals surface area contributed by atoms with Crippen molar-refractivity contribution in [1.29, 1.82) is 0 Å². The molecule has 0 aromatic heterocycles. The third kappa shape index (κ3) is 5.00. The minimum absolute atomic E-state index is 0. The summed E-state index contributed by atoms with van der Waals surface area (Å²) in [7, 11) is 0. The molecule has 0 heterocycles. The summed E-state index contributed by atoms with van der Waals surface area (Å²) in [6.07, 6.45) is 1.01. The van der Waals surface area contributed by atoms with Gasteiger partial charge in [0.2, 0.25) is 5.91 Å². The van der Waals surface area contributed by atoms with E-state index in [1.807, 2.05) is 6.92 Å². The minimum atomic E-state index is -0.131. The van der Waals surface area contributed by atoms with Gasteiger partial charge in [0.1, 0.15) is 5.75 Å². The van der Waals surface area contributed by atoms with Gasteiger partial charge in [-0.3, -0.25) is 4.79 Å². The number of nitrogens with one attached hydrogen (secondary N) is 1. The number of halogens is 1. The fourth-order valence-electron chi connectivity index (χ4n) is 1.15. The lowest BCUT2D eigenvalue weighted by Crippen LogP contribution is -2.19. The number of benzene rings is 1. The van der Waals surface area contributed by atoms with Gasteiger partial charge >= 0.3 is 0 Å². The van der Waals surface area contributed by atoms with Crippen molar-refractivity contribution in [1.82, 2.24) is 0 Å². The number of amides is 1. The van der Waals surface area contributed by atoms with Crippen LogP contribution in [0.1, 0.15) is 19.8 Å². The molecule has 90 valence electrons. The molecule has 0 bridgehead atoms. The molecule has 16 heavy (non-hydrogen) atoms. The fourth-order valence-corrected chi connectivity index (χ4v) is 1.15. The standard InChI is InChI=1S/C11H16N2O2.ClH/c1-8(12)6-7-11(15)13-9-4-2-3-5-10(9)14;/h2-5,8,14H,6-7,12H2,1H3,(H,13,15);1H. The molecule has 0 aliphatic rings. The second-order valence-corrected chi connectivity index (χ2v) is 3.58. The van der Waals surface area contributed by atoms with E-state index in [1.165, 1.54) is 6.07 Å². The molecule has 1 unspecified atom stereocenters. The topological polar surface area (TPSA) is 75.4 Å². The summed E-state index contributed by atoms with van der Waals surface area (Å²) < 4.78 is 0. The molecular weight excluding hydrogens is 228 g/mol. The lowest BCUT2D eigenvalue weighted by molar-refractivity contribution is -0.116. The van der Waals surface area contributed by atoms with E-state index in [-0.39, 0.29) is 30.1 Å². The van der Waals surface area contributed by atoms with Crippen LogP contribution in [-0.2, 0) is 4.79 Å². The van der Waals surface area contributed by atoms with Crippen molar-refractivity contribution < 1.29 is 9.90 Å². The molecule has 0 radical (unpaired) electrons. The summed E-state index contributed by atoms with van der Waals surface area (Å²) in [6.45, 7) is 1.85. The Morgan fingerprint density at radius 2 is 2.12 bits per heavy atom. The first-order chi connectivity index (χ1) is 7.09. The number of phenolic OH excluding ortho intramolecular Hbond substituents is 1. The van der Waals surface area contributed by atoms with Gasteiger partial charge < -0.3 is 16.2 Å². The number of rotatable bonds is 4. The maximum atomic E-state index is 11.4. The van der Waals surface area contributed by atoms with Crippen molar-refractivity contribution >= 4 is 24.0 Å². The summed E-state index contributed by atoms with van der Waals surface area (Å²) in [5, 5.41) is 12.0. The van der Waals surface area contributed by atoms with Crippen LogP contribution in [-0.4, -0.2) is 17.1 Å². The van der Waals surface area contributed by atoms with Crippen LogP contribution in [0.25, 0.3) is 0 Å². The highest BCUT2D eigenvalue weighted by Crippen LogP contribution is 2.21. The van der Waals surface area contributed by atoms with Gasteiger partial charge in [0.25, 0.3) is 0 Å². The van der Waals surface area contributed by atoms with Crippen molar-refractivity contribution in [3.05, 3.63) is 24.3 Å². The number of hydrogen-bond donors (Lipinski definition) is 3. The third-order valence-electron chi connectivity index (χ3n) is 2.00. The van der Waals surface area contributed by atoms with E-state index in [0.717, 1.165) is 0 Å². The van der Waals surface area contributed by atoms with Crippen LogP contribution in [0.2, 0.25) is 0 Å². The average molecular weight is 245 g/mol. The SMILES string of the molecule is CC(N)CCC(=O)Nc1ccccc1O.Cl. The van der Waals surface area contributed by atoms with Gasteiger partial charge in [0.05, 0.1) is 5.69 Å². The predicted octanol–water partition coefficient (Wildman–Crippen LogP) is 1.88. The highest BCUT2D eigenvalue weighted by Gasteiger charge is 2.06. The van der Waals surface area contributed by atoms with Crippen LogP contribution in [0, 0.1) is 0 Å². The Balaban J connectivity index is 0.00000225. The van der Waals surface area contributed by atoms with E-state index in [4.69, 9.17) is 5.73 Å². The highest BCUT2D eigenvalue weighted by atomic mass is 35.5. The number of nitrogens with two attached hydrogens (primary N) is 1. The molecule has 1 aromatic rings. The summed E-state index contributed by atoms with van der Waals surface area (Å²) in [6, 6.07) is 6.65. The van der Waals surface area contributed by atoms with Crippen LogP contribution in [0.15, 0.2) is 24.3 Å². The smallest absolute Gasteiger partial charge is 0.224 e. The predicted molar refractivity (Wildman–Crippen MR) is 66.9 cm³/mol. The Hall–Kier alpha value is -1.26. The summed E-state index contributed by atoms with van der Waals surface area (Å²) in [5.74, 6) is -0.0551. The fraction of sp³-hybridized carbons (Fsp3) is 0.364. The van der Waals surface area contributed by atoms with Crippen LogP contribution < -0.4 is 11.1 Å². The van der Waals surface area contributed by atoms with Gasteiger partial charge in [0.15, 0.2) is 0 Å². The molecule has 1 atom stereocenters. The monoisotopic (exact) mass is 244 g/mol. The lowest BCUT2D eigenvalue weighted by atomic mass is 10.2. The van der Waals surface area contributed by atoms with Gasteiger partial charge in [-0.15, -0.1) is 12.4 Å². The zero-order valence-electron chi connectivity index (χ0n) is 9.14. The van der Waals surface area contributed by atoms with E-state index < -0.39 is 0 Å². The second-order valence-electron chi connectivity index (χ2n) is 3.58. The zero-order chi connectivity index (χ0) is 11.3. The van der Waals surface area contributed by atoms with Crippen molar-refractivity contribution in [2.45, 2.75) is 25.8 Å². The number of para-hydroxylation sites is 2. The molecule has 0 spiro atoms. The molecule has 0 fully saturated rings. The number of carbonyl (C=O) groups excluding carboxylic acids is 1. The molecule has 0 aliphatic heterocycles. The van der Waals surface area contributed by atoms with E-state index in [1.54, 1.807) is 18.2 Å². The first-order valence-corrected chi connectivity index (χ1v) is 4.93. The Morgan fingerprint density at radius 3 is 2.69 bits per heavy atom. The number of hydrogen-bond acceptors (Lipinski definition) is 3. The first kappa shape index (κ1) is 14.7. The van der Waals surface area contributed by atoms with E-state index in [9.17, 15) is 9.90 Å². The van der Waals surface area contributed by atoms with E-state index >= 15 is 0 Å². The van der Waals surface area contributed by atoms with Crippen molar-refractivity contribution in [3.8, 4) is 5.75 Å². The molecule has 1 rings (SSSR count). The molecule has 1 amide bonds. The second kappa shape index (κ2) is 7.09. The number of phenols is 1. The van der Waals surface area contributed by atoms with E-state index in [0.29, 0.717) is 18.5 Å². The van der Waals surface area contributed by atoms with Gasteiger partial charge in [-0.1, -0.05) is 12.1 Å². The molecule has 4 N–H and O–H groups in total. The molecule has 0 saturated heterocycles. The van der Waals surface area contributed by atoms with Crippen molar-refractivity contribution in [2.75, 3.05) is 5.32 Å². The third-order valence-corrected chi connectivity index (χ3v) is 2.00. The average Bonchev–Trinajstić information content (AvgIpc) is 2.18. The van der Waals surface area contributed by atoms with Gasteiger partial charge in [-0.2, -0.15) is 0 Å². The maximum absolute atomic E-state index is 11.4. The molecule has 1 aromatic carbocycles. The molecule has 5 heteroatoms. The summed E-state index contributed by atoms with van der Waals surface area (Å²) >= 11 is 0. The number of carbonyl (C=O) groups is 1. The normalized spacial score (nSPS) is 11.4. The maximum Gasteiger partial charge on any atom is 0.224 e. The Bertz CT molecular complexity index is 343. The molecule has 4 nitrogen and oxygen atoms in total. The minimum Gasteiger partial charge on any atom is -0.506 e. The largest absolute Gasteiger partial charge is 0.506 e. The summed E-state index contributed by atoms with van der Waals surface area (Å²) in [5.41, 5.74) is 5.97. The van der Waals surface area contributed by atoms with Crippen LogP contribution >= 0.6 is 12.4 Å². The van der Waals surface area contributed by atoms with Gasteiger partial charge in [0, 0.05) is 12.5 Å². The van der Waals surface area contributed by atoms with Crippen LogP contribution in [0.4, 0.5) is 5.69 Å². The molecule has 0 saturated carbocycles.